The molecule has 1 N–H and O–H groups in total. The first kappa shape index (κ1) is 28.5. The summed E-state index contributed by atoms with van der Waals surface area (Å²) in [4.78, 5) is 41.0. The van der Waals surface area contributed by atoms with Crippen molar-refractivity contribution >= 4 is 29.9 Å². The Morgan fingerprint density at radius 2 is 1.74 bits per heavy atom. The first-order chi connectivity index (χ1) is 16.2. The van der Waals surface area contributed by atoms with E-state index in [-0.39, 0.29) is 17.9 Å². The number of hydrogen-bond donors (Lipinski definition) is 1. The van der Waals surface area contributed by atoms with E-state index in [1.807, 2.05) is 24.1 Å². The lowest BCUT2D eigenvalue weighted by molar-refractivity contribution is -0.137. The van der Waals surface area contributed by atoms with Crippen LogP contribution in [-0.4, -0.2) is 65.4 Å². The van der Waals surface area contributed by atoms with Crippen molar-refractivity contribution in [3.63, 3.8) is 0 Å². The van der Waals surface area contributed by atoms with Crippen molar-refractivity contribution in [3.05, 3.63) is 29.3 Å². The van der Waals surface area contributed by atoms with Crippen LogP contribution in [0.1, 0.15) is 88.6 Å². The second kappa shape index (κ2) is 14.6. The number of thioether (sulfide) groups is 1. The van der Waals surface area contributed by atoms with Gasteiger partial charge in [0.05, 0.1) is 6.04 Å². The van der Waals surface area contributed by atoms with Crippen LogP contribution in [0.25, 0.3) is 0 Å². The van der Waals surface area contributed by atoms with E-state index in [9.17, 15) is 14.4 Å². The van der Waals surface area contributed by atoms with Crippen molar-refractivity contribution in [3.8, 4) is 0 Å². The lowest BCUT2D eigenvalue weighted by atomic mass is 10.0. The summed E-state index contributed by atoms with van der Waals surface area (Å²) in [6, 6.07) is 6.68. The van der Waals surface area contributed by atoms with E-state index in [1.54, 1.807) is 11.8 Å². The maximum absolute atomic E-state index is 12.2. The van der Waals surface area contributed by atoms with Gasteiger partial charge >= 0.3 is 0 Å². The zero-order valence-corrected chi connectivity index (χ0v) is 22.5. The molecule has 1 saturated heterocycles. The number of piperidine rings is 1. The molecule has 1 aliphatic heterocycles. The Labute approximate surface area is 210 Å². The number of rotatable bonds is 15. The first-order valence-electron chi connectivity index (χ1n) is 12.7. The highest BCUT2D eigenvalue weighted by atomic mass is 32.2. The predicted molar refractivity (Wildman–Crippen MR) is 140 cm³/mol. The summed E-state index contributed by atoms with van der Waals surface area (Å²) in [6.07, 6.45) is 7.90. The van der Waals surface area contributed by atoms with Crippen molar-refractivity contribution in [2.75, 3.05) is 19.3 Å². The Kier molecular flexibility index (Phi) is 12.3. The second-order valence-corrected chi connectivity index (χ2v) is 11.0. The number of benzene rings is 1. The standard InChI is InChI=1S/C27H43N3O3S/c1-20(2)30(21(3)4)16-9-7-6-8-10-17-34-25-13-11-12-22(19-31)23(25)18-29(5)24-14-15-26(32)28-27(24)33/h11-13,19-21,24H,6-10,14-18H2,1-5H3,(H,28,32,33). The quantitative estimate of drug-likeness (QED) is 0.164. The van der Waals surface area contributed by atoms with Gasteiger partial charge in [0, 0.05) is 35.5 Å². The molecule has 1 unspecified atom stereocenters. The smallest absolute Gasteiger partial charge is 0.243 e. The molecule has 1 heterocycles. The maximum atomic E-state index is 12.2. The maximum Gasteiger partial charge on any atom is 0.243 e. The molecule has 0 radical (unpaired) electrons. The number of hydrogen-bond acceptors (Lipinski definition) is 6. The fraction of sp³-hybridized carbons (Fsp3) is 0.667. The second-order valence-electron chi connectivity index (χ2n) is 9.87. The monoisotopic (exact) mass is 489 g/mol. The Hall–Kier alpha value is -1.70. The lowest BCUT2D eigenvalue weighted by Gasteiger charge is -2.30. The van der Waals surface area contributed by atoms with E-state index in [1.165, 1.54) is 32.2 Å². The van der Waals surface area contributed by atoms with E-state index in [4.69, 9.17) is 0 Å². The van der Waals surface area contributed by atoms with Crippen LogP contribution in [0.3, 0.4) is 0 Å². The summed E-state index contributed by atoms with van der Waals surface area (Å²) in [5.41, 5.74) is 1.64. The molecule has 2 amide bonds. The molecule has 1 atom stereocenters. The predicted octanol–water partition coefficient (Wildman–Crippen LogP) is 4.90. The van der Waals surface area contributed by atoms with Gasteiger partial charge in [-0.15, -0.1) is 11.8 Å². The average molecular weight is 490 g/mol. The number of imide groups is 1. The molecule has 190 valence electrons. The van der Waals surface area contributed by atoms with Crippen LogP contribution in [0.15, 0.2) is 23.1 Å². The summed E-state index contributed by atoms with van der Waals surface area (Å²) in [5.74, 6) is 0.555. The Morgan fingerprint density at radius 1 is 1.06 bits per heavy atom. The Bertz CT molecular complexity index is 804. The summed E-state index contributed by atoms with van der Waals surface area (Å²) in [6.45, 7) is 10.8. The number of nitrogens with one attached hydrogen (secondary N) is 1. The molecular formula is C27H43N3O3S. The summed E-state index contributed by atoms with van der Waals surface area (Å²) >= 11 is 1.79. The van der Waals surface area contributed by atoms with E-state index in [0.29, 0.717) is 37.0 Å². The van der Waals surface area contributed by atoms with Crippen LogP contribution in [0.5, 0.6) is 0 Å². The third-order valence-corrected chi connectivity index (χ3v) is 7.78. The number of likely N-dealkylation sites (N-methyl/N-ethyl adjacent to an activating group) is 1. The molecular weight excluding hydrogens is 446 g/mol. The third kappa shape index (κ3) is 8.82. The largest absolute Gasteiger partial charge is 0.299 e. The highest BCUT2D eigenvalue weighted by Gasteiger charge is 2.30. The zero-order chi connectivity index (χ0) is 25.1. The molecule has 2 rings (SSSR count). The molecule has 1 aromatic carbocycles. The fourth-order valence-corrected chi connectivity index (χ4v) is 5.78. The molecule has 0 aliphatic carbocycles. The summed E-state index contributed by atoms with van der Waals surface area (Å²) < 4.78 is 0. The highest BCUT2D eigenvalue weighted by molar-refractivity contribution is 7.99. The topological polar surface area (TPSA) is 69.7 Å². The summed E-state index contributed by atoms with van der Waals surface area (Å²) in [7, 11) is 1.88. The third-order valence-electron chi connectivity index (χ3n) is 6.59. The minimum Gasteiger partial charge on any atom is -0.299 e. The number of carbonyl (C=O) groups excluding carboxylic acids is 3. The van der Waals surface area contributed by atoms with Gasteiger partial charge in [-0.1, -0.05) is 31.4 Å². The van der Waals surface area contributed by atoms with Crippen LogP contribution in [-0.2, 0) is 16.1 Å². The minimum atomic E-state index is -0.349. The van der Waals surface area contributed by atoms with Crippen molar-refractivity contribution in [2.45, 2.75) is 102 Å². The van der Waals surface area contributed by atoms with Gasteiger partial charge in [0.15, 0.2) is 0 Å². The van der Waals surface area contributed by atoms with Crippen molar-refractivity contribution in [2.24, 2.45) is 0 Å². The molecule has 0 saturated carbocycles. The highest BCUT2D eigenvalue weighted by Crippen LogP contribution is 2.28. The number of carbonyl (C=O) groups is 3. The van der Waals surface area contributed by atoms with Crippen LogP contribution in [0.4, 0.5) is 0 Å². The van der Waals surface area contributed by atoms with E-state index >= 15 is 0 Å². The van der Waals surface area contributed by atoms with Crippen molar-refractivity contribution in [1.82, 2.24) is 15.1 Å². The number of amides is 2. The molecule has 0 spiro atoms. The molecule has 7 heteroatoms. The fourth-order valence-electron chi connectivity index (χ4n) is 4.68. The average Bonchev–Trinajstić information content (AvgIpc) is 2.78. The zero-order valence-electron chi connectivity index (χ0n) is 21.6. The molecule has 34 heavy (non-hydrogen) atoms. The van der Waals surface area contributed by atoms with Gasteiger partial charge in [-0.3, -0.25) is 29.5 Å². The van der Waals surface area contributed by atoms with Gasteiger partial charge in [0.25, 0.3) is 0 Å². The van der Waals surface area contributed by atoms with Crippen LogP contribution in [0, 0.1) is 0 Å². The van der Waals surface area contributed by atoms with Crippen molar-refractivity contribution in [1.29, 1.82) is 0 Å². The Morgan fingerprint density at radius 3 is 2.38 bits per heavy atom. The first-order valence-corrected chi connectivity index (χ1v) is 13.7. The molecule has 1 aromatic rings. The van der Waals surface area contributed by atoms with Gasteiger partial charge in [0.1, 0.15) is 6.29 Å². The lowest BCUT2D eigenvalue weighted by Crippen LogP contribution is -2.51. The molecule has 0 bridgehead atoms. The van der Waals surface area contributed by atoms with Crippen molar-refractivity contribution < 1.29 is 14.4 Å². The summed E-state index contributed by atoms with van der Waals surface area (Å²) in [5, 5.41) is 2.42. The normalized spacial score (nSPS) is 16.7. The van der Waals surface area contributed by atoms with Gasteiger partial charge in [0.2, 0.25) is 11.8 Å². The Balaban J connectivity index is 1.81. The number of nitrogens with zero attached hydrogens (tertiary/aromatic N) is 2. The van der Waals surface area contributed by atoms with Crippen LogP contribution < -0.4 is 5.32 Å². The number of unbranched alkanes of at least 4 members (excludes halogenated alkanes) is 4. The van der Waals surface area contributed by atoms with E-state index in [0.717, 1.165) is 28.9 Å². The van der Waals surface area contributed by atoms with Gasteiger partial charge < -0.3 is 0 Å². The molecule has 1 fully saturated rings. The van der Waals surface area contributed by atoms with Gasteiger partial charge in [-0.25, -0.2) is 0 Å². The van der Waals surface area contributed by atoms with Gasteiger partial charge in [-0.05, 0) is 77.9 Å². The molecule has 1 aliphatic rings. The van der Waals surface area contributed by atoms with Gasteiger partial charge in [-0.2, -0.15) is 0 Å². The van der Waals surface area contributed by atoms with Crippen LogP contribution in [0.2, 0.25) is 0 Å². The van der Waals surface area contributed by atoms with E-state index < -0.39 is 0 Å². The van der Waals surface area contributed by atoms with E-state index in [2.05, 4.69) is 44.0 Å². The SMILES string of the molecule is CC(C)N(CCCCCCCSc1cccc(C=O)c1CN(C)C1CCC(=O)NC1=O)C(C)C. The molecule has 0 aromatic heterocycles. The minimum absolute atomic E-state index is 0.212. The molecule has 6 nitrogen and oxygen atoms in total. The van der Waals surface area contributed by atoms with Crippen LogP contribution >= 0.6 is 11.8 Å². The number of aldehydes is 1.